The first-order valence-electron chi connectivity index (χ1n) is 19.1. The number of nitrogens with one attached hydrogen (secondary N) is 3. The van der Waals surface area contributed by atoms with E-state index in [1.807, 2.05) is 50.9 Å². The highest BCUT2D eigenvalue weighted by Crippen LogP contribution is 2.44. The van der Waals surface area contributed by atoms with Gasteiger partial charge in [-0.15, -0.1) is 13.2 Å². The molecule has 3 amide bonds. The summed E-state index contributed by atoms with van der Waals surface area (Å²) in [6.45, 7) is 10.4. The molecule has 1 atom stereocenters. The molecule has 18 heteroatoms. The van der Waals surface area contributed by atoms with Gasteiger partial charge in [-0.25, -0.2) is 9.78 Å². The van der Waals surface area contributed by atoms with Crippen LogP contribution in [0.5, 0.6) is 23.0 Å². The number of aromatic nitrogens is 2. The van der Waals surface area contributed by atoms with E-state index in [4.69, 9.17) is 18.9 Å². The number of ether oxygens (including phenoxy) is 5. The molecule has 1 fully saturated rings. The molecule has 4 aromatic rings. The van der Waals surface area contributed by atoms with Crippen LogP contribution in [-0.2, 0) is 21.5 Å². The molecule has 4 heterocycles. The van der Waals surface area contributed by atoms with E-state index in [2.05, 4.69) is 31.9 Å². The van der Waals surface area contributed by atoms with Gasteiger partial charge in [0.1, 0.15) is 35.0 Å². The van der Waals surface area contributed by atoms with E-state index in [-0.39, 0.29) is 29.8 Å². The molecule has 1 saturated heterocycles. The number of hydrogen-bond acceptors (Lipinski definition) is 11. The fourth-order valence-electron chi connectivity index (χ4n) is 7.23. The second-order valence-corrected chi connectivity index (χ2v) is 15.2. The zero-order valence-corrected chi connectivity index (χ0v) is 35.0. The van der Waals surface area contributed by atoms with Crippen LogP contribution in [0.2, 0.25) is 0 Å². The predicted octanol–water partition coefficient (Wildman–Crippen LogP) is 7.59. The molecule has 61 heavy (non-hydrogen) atoms. The molecular formula is C43H49F3N6O9. The van der Waals surface area contributed by atoms with Gasteiger partial charge in [-0.05, 0) is 76.1 Å². The van der Waals surface area contributed by atoms with E-state index in [0.717, 1.165) is 65.4 Å². The van der Waals surface area contributed by atoms with Gasteiger partial charge in [0.25, 0.3) is 5.91 Å². The fraction of sp³-hybridized carbons (Fsp3) is 0.372. The molecule has 2 aromatic heterocycles. The minimum absolute atomic E-state index is 0.101. The largest absolute Gasteiger partial charge is 0.573 e. The SMILES string of the molecule is C=CC(=O)Nc1cc(C=O)ccc1OC(F)(F)F.CNc1cc(-c2cc3c([nH]2)C2(CCCN(C(=O)OC(C)(C)C)C2)CN(Cc2c(OC)cc(OC)cc2OC)C3=O)ccn1. The summed E-state index contributed by atoms with van der Waals surface area (Å²) in [5.74, 6) is 1.01. The Bertz CT molecular complexity index is 2250. The number of anilines is 2. The van der Waals surface area contributed by atoms with Crippen molar-refractivity contribution >= 4 is 35.7 Å². The van der Waals surface area contributed by atoms with Crippen molar-refractivity contribution in [3.8, 4) is 34.3 Å². The van der Waals surface area contributed by atoms with E-state index in [1.165, 1.54) is 0 Å². The molecule has 2 aliphatic heterocycles. The molecule has 0 aliphatic carbocycles. The molecule has 2 aliphatic rings. The van der Waals surface area contributed by atoms with Crippen molar-refractivity contribution in [2.75, 3.05) is 58.6 Å². The van der Waals surface area contributed by atoms with Crippen LogP contribution in [0.3, 0.4) is 0 Å². The monoisotopic (exact) mass is 850 g/mol. The topological polar surface area (TPSA) is 174 Å². The van der Waals surface area contributed by atoms with Crippen molar-refractivity contribution in [2.45, 2.75) is 57.5 Å². The number of alkyl halides is 3. The molecule has 0 bridgehead atoms. The van der Waals surface area contributed by atoms with Crippen LogP contribution in [-0.4, -0.2) is 104 Å². The summed E-state index contributed by atoms with van der Waals surface area (Å²) in [6.07, 6.45) is -0.642. The number of H-pyrrole nitrogens is 1. The summed E-state index contributed by atoms with van der Waals surface area (Å²) in [5, 5.41) is 5.19. The van der Waals surface area contributed by atoms with Crippen LogP contribution < -0.4 is 29.6 Å². The fourth-order valence-corrected chi connectivity index (χ4v) is 7.23. The lowest BCUT2D eigenvalue weighted by Gasteiger charge is -2.47. The van der Waals surface area contributed by atoms with Crippen molar-refractivity contribution in [1.82, 2.24) is 19.8 Å². The number of likely N-dealkylation sites (tertiary alicyclic amines) is 1. The average Bonchev–Trinajstić information content (AvgIpc) is 3.70. The van der Waals surface area contributed by atoms with Crippen LogP contribution in [0.4, 0.5) is 29.5 Å². The third-order valence-electron chi connectivity index (χ3n) is 9.89. The molecule has 1 unspecified atom stereocenters. The standard InChI is InChI=1S/C32H41N5O6.C11H8F3NO3/c1-31(2,3)43-30(39)36-12-8-10-32(18-36)19-37(17-23-25(41-6)14-21(40-5)15-26(23)42-7)29(38)22-16-24(35-28(22)32)20-9-11-34-27(13-20)33-4;1-2-10(17)15-8-5-7(6-16)3-4-9(8)18-11(12,13)14/h9,11,13-16,35H,8,10,12,17-19H2,1-7H3,(H,33,34);2-6H,1H2,(H,15,17). The third-order valence-corrected chi connectivity index (χ3v) is 9.89. The lowest BCUT2D eigenvalue weighted by Crippen LogP contribution is -2.58. The maximum Gasteiger partial charge on any atom is 0.573 e. The Balaban J connectivity index is 0.000000328. The second-order valence-electron chi connectivity index (χ2n) is 15.2. The molecular weight excluding hydrogens is 801 g/mol. The molecule has 6 rings (SSSR count). The Morgan fingerprint density at radius 2 is 1.69 bits per heavy atom. The van der Waals surface area contributed by atoms with Gasteiger partial charge in [0, 0.05) is 72.9 Å². The Morgan fingerprint density at radius 3 is 2.28 bits per heavy atom. The summed E-state index contributed by atoms with van der Waals surface area (Å²) >= 11 is 0. The van der Waals surface area contributed by atoms with E-state index >= 15 is 0 Å². The van der Waals surface area contributed by atoms with Crippen LogP contribution >= 0.6 is 0 Å². The van der Waals surface area contributed by atoms with Crippen molar-refractivity contribution in [3.05, 3.63) is 89.8 Å². The molecule has 326 valence electrons. The van der Waals surface area contributed by atoms with Crippen LogP contribution in [0.1, 0.15) is 65.6 Å². The minimum atomic E-state index is -4.89. The number of halogens is 3. The first-order valence-corrected chi connectivity index (χ1v) is 19.1. The van der Waals surface area contributed by atoms with Gasteiger partial charge in [-0.3, -0.25) is 14.4 Å². The number of hydrogen-bond donors (Lipinski definition) is 3. The van der Waals surface area contributed by atoms with Gasteiger partial charge < -0.3 is 49.1 Å². The number of methoxy groups -OCH3 is 3. The molecule has 1 spiro atoms. The van der Waals surface area contributed by atoms with Gasteiger partial charge in [-0.1, -0.05) is 6.58 Å². The van der Waals surface area contributed by atoms with Crippen molar-refractivity contribution < 1.29 is 56.0 Å². The zero-order chi connectivity index (χ0) is 44.7. The first kappa shape index (κ1) is 45.4. The summed E-state index contributed by atoms with van der Waals surface area (Å²) in [4.78, 5) is 60.6. The second kappa shape index (κ2) is 18.7. The van der Waals surface area contributed by atoms with Crippen LogP contribution in [0, 0.1) is 0 Å². The number of pyridine rings is 1. The number of aldehydes is 1. The van der Waals surface area contributed by atoms with Gasteiger partial charge in [-0.2, -0.15) is 0 Å². The maximum atomic E-state index is 14.2. The summed E-state index contributed by atoms with van der Waals surface area (Å²) in [5.41, 5.74) is 2.56. The summed E-state index contributed by atoms with van der Waals surface area (Å²) in [6, 6.07) is 12.5. The highest BCUT2D eigenvalue weighted by molar-refractivity contribution is 6.00. The zero-order valence-electron chi connectivity index (χ0n) is 35.0. The van der Waals surface area contributed by atoms with Gasteiger partial charge in [0.15, 0.2) is 5.75 Å². The van der Waals surface area contributed by atoms with E-state index < -0.39 is 29.0 Å². The summed E-state index contributed by atoms with van der Waals surface area (Å²) < 4.78 is 62.6. The first-order chi connectivity index (χ1) is 28.9. The van der Waals surface area contributed by atoms with Gasteiger partial charge >= 0.3 is 12.5 Å². The Labute approximate surface area is 351 Å². The Kier molecular flexibility index (Phi) is 13.9. The van der Waals surface area contributed by atoms with Crippen LogP contribution in [0.15, 0.2) is 67.4 Å². The number of piperidine rings is 1. The number of carbonyl (C=O) groups is 4. The van der Waals surface area contributed by atoms with Crippen LogP contribution in [0.25, 0.3) is 11.3 Å². The van der Waals surface area contributed by atoms with Gasteiger partial charge in [0.2, 0.25) is 5.91 Å². The number of rotatable bonds is 11. The van der Waals surface area contributed by atoms with E-state index in [9.17, 15) is 32.3 Å². The smallest absolute Gasteiger partial charge is 0.496 e. The summed E-state index contributed by atoms with van der Waals surface area (Å²) in [7, 11) is 6.57. The quantitative estimate of drug-likeness (QED) is 0.100. The molecule has 0 saturated carbocycles. The molecule has 3 N–H and O–H groups in total. The number of nitrogens with zero attached hydrogens (tertiary/aromatic N) is 3. The van der Waals surface area contributed by atoms with Crippen molar-refractivity contribution in [2.24, 2.45) is 0 Å². The third kappa shape index (κ3) is 10.9. The number of benzene rings is 2. The van der Waals surface area contributed by atoms with Crippen molar-refractivity contribution in [3.63, 3.8) is 0 Å². The average molecular weight is 851 g/mol. The molecule has 2 aromatic carbocycles. The van der Waals surface area contributed by atoms with E-state index in [1.54, 1.807) is 44.6 Å². The highest BCUT2D eigenvalue weighted by atomic mass is 19.4. The van der Waals surface area contributed by atoms with E-state index in [0.29, 0.717) is 48.7 Å². The highest BCUT2D eigenvalue weighted by Gasteiger charge is 2.49. The molecule has 15 nitrogen and oxygen atoms in total. The predicted molar refractivity (Wildman–Crippen MR) is 220 cm³/mol. The minimum Gasteiger partial charge on any atom is -0.496 e. The molecule has 0 radical (unpaired) electrons. The number of fused-ring (bicyclic) bond motifs is 2. The number of carbonyl (C=O) groups excluding carboxylic acids is 4. The maximum absolute atomic E-state index is 14.2. The number of amides is 3. The van der Waals surface area contributed by atoms with Crippen molar-refractivity contribution in [1.29, 1.82) is 0 Å². The number of aromatic amines is 1. The lowest BCUT2D eigenvalue weighted by atomic mass is 9.73. The normalized spacial score (nSPS) is 16.1. The Morgan fingerprint density at radius 1 is 0.984 bits per heavy atom. The lowest BCUT2D eigenvalue weighted by molar-refractivity contribution is -0.274. The van der Waals surface area contributed by atoms with Gasteiger partial charge in [0.05, 0.1) is 44.7 Å². The Hall–Kier alpha value is -6.72.